The summed E-state index contributed by atoms with van der Waals surface area (Å²) >= 11 is 0. The highest BCUT2D eigenvalue weighted by Crippen LogP contribution is 2.16. The number of amides is 3. The first-order chi connectivity index (χ1) is 13.6. The predicted molar refractivity (Wildman–Crippen MR) is 111 cm³/mol. The number of anilines is 2. The molecule has 148 valence electrons. The molecule has 7 heteroatoms. The van der Waals surface area contributed by atoms with Crippen LogP contribution in [0.25, 0.3) is 0 Å². The molecule has 2 aromatic rings. The van der Waals surface area contributed by atoms with E-state index in [0.717, 1.165) is 37.3 Å². The number of aromatic nitrogens is 1. The average molecular weight is 381 g/mol. The first-order valence-electron chi connectivity index (χ1n) is 9.72. The Kier molecular flexibility index (Phi) is 6.84. The molecular formula is C21H27N5O2. The van der Waals surface area contributed by atoms with Gasteiger partial charge in [0.05, 0.1) is 0 Å². The number of rotatable bonds is 6. The predicted octanol–water partition coefficient (Wildman–Crippen LogP) is 3.25. The number of piperidine rings is 1. The highest BCUT2D eigenvalue weighted by atomic mass is 16.2. The first-order valence-corrected chi connectivity index (χ1v) is 9.72. The lowest BCUT2D eigenvalue weighted by Gasteiger charge is -2.26. The summed E-state index contributed by atoms with van der Waals surface area (Å²) in [4.78, 5) is 30.8. The Balaban J connectivity index is 1.45. The van der Waals surface area contributed by atoms with Crippen molar-refractivity contribution < 1.29 is 9.59 Å². The van der Waals surface area contributed by atoms with Crippen molar-refractivity contribution in [3.05, 3.63) is 53.7 Å². The summed E-state index contributed by atoms with van der Waals surface area (Å²) in [5.74, 6) is 0.810. The fourth-order valence-corrected chi connectivity index (χ4v) is 3.18. The SMILES string of the molecule is Cc1ccnc(NCCNC(=O)Nc2cccc(C(=O)N3CCCCC3)c2)c1. The van der Waals surface area contributed by atoms with E-state index in [-0.39, 0.29) is 11.9 Å². The topological polar surface area (TPSA) is 86.4 Å². The Hall–Kier alpha value is -3.09. The molecule has 1 saturated heterocycles. The summed E-state index contributed by atoms with van der Waals surface area (Å²) in [5.41, 5.74) is 2.34. The average Bonchev–Trinajstić information content (AvgIpc) is 2.71. The Bertz CT molecular complexity index is 818. The maximum atomic E-state index is 12.6. The molecule has 3 N–H and O–H groups in total. The van der Waals surface area contributed by atoms with Crippen LogP contribution < -0.4 is 16.0 Å². The monoisotopic (exact) mass is 381 g/mol. The molecule has 1 aliphatic rings. The zero-order valence-corrected chi connectivity index (χ0v) is 16.2. The van der Waals surface area contributed by atoms with Gasteiger partial charge in [-0.15, -0.1) is 0 Å². The third-order valence-electron chi connectivity index (χ3n) is 4.64. The zero-order chi connectivity index (χ0) is 19.8. The lowest BCUT2D eigenvalue weighted by atomic mass is 10.1. The van der Waals surface area contributed by atoms with E-state index in [4.69, 9.17) is 0 Å². The minimum absolute atomic E-state index is 0.0265. The first kappa shape index (κ1) is 19.7. The van der Waals surface area contributed by atoms with Crippen LogP contribution in [0.1, 0.15) is 35.2 Å². The van der Waals surface area contributed by atoms with E-state index in [0.29, 0.717) is 24.3 Å². The number of urea groups is 1. The van der Waals surface area contributed by atoms with Crippen molar-refractivity contribution in [1.82, 2.24) is 15.2 Å². The number of carbonyl (C=O) groups excluding carboxylic acids is 2. The van der Waals surface area contributed by atoms with Gasteiger partial charge < -0.3 is 20.9 Å². The smallest absolute Gasteiger partial charge is 0.319 e. The third kappa shape index (κ3) is 5.70. The van der Waals surface area contributed by atoms with Gasteiger partial charge in [-0.25, -0.2) is 9.78 Å². The number of nitrogens with zero attached hydrogens (tertiary/aromatic N) is 2. The molecule has 2 heterocycles. The normalized spacial score (nSPS) is 13.7. The quantitative estimate of drug-likeness (QED) is 0.671. The number of hydrogen-bond acceptors (Lipinski definition) is 4. The molecule has 1 fully saturated rings. The van der Waals surface area contributed by atoms with Crippen molar-refractivity contribution >= 4 is 23.4 Å². The largest absolute Gasteiger partial charge is 0.368 e. The Morgan fingerprint density at radius 3 is 2.68 bits per heavy atom. The van der Waals surface area contributed by atoms with E-state index >= 15 is 0 Å². The van der Waals surface area contributed by atoms with E-state index in [9.17, 15) is 9.59 Å². The number of hydrogen-bond donors (Lipinski definition) is 3. The van der Waals surface area contributed by atoms with Crippen molar-refractivity contribution in [2.24, 2.45) is 0 Å². The van der Waals surface area contributed by atoms with E-state index in [1.807, 2.05) is 24.0 Å². The number of aryl methyl sites for hydroxylation is 1. The van der Waals surface area contributed by atoms with Crippen LogP contribution in [0.4, 0.5) is 16.3 Å². The fourth-order valence-electron chi connectivity index (χ4n) is 3.18. The van der Waals surface area contributed by atoms with Crippen molar-refractivity contribution in [2.75, 3.05) is 36.8 Å². The summed E-state index contributed by atoms with van der Waals surface area (Å²) < 4.78 is 0. The lowest BCUT2D eigenvalue weighted by Crippen LogP contribution is -2.35. The van der Waals surface area contributed by atoms with E-state index in [1.54, 1.807) is 30.5 Å². The van der Waals surface area contributed by atoms with E-state index in [2.05, 4.69) is 20.9 Å². The molecule has 0 atom stereocenters. The van der Waals surface area contributed by atoms with Gasteiger partial charge in [0.25, 0.3) is 5.91 Å². The molecule has 1 aromatic carbocycles. The second kappa shape index (κ2) is 9.73. The van der Waals surface area contributed by atoms with Gasteiger partial charge in [-0.05, 0) is 62.1 Å². The zero-order valence-electron chi connectivity index (χ0n) is 16.2. The van der Waals surface area contributed by atoms with Gasteiger partial charge in [0, 0.05) is 43.6 Å². The Labute approximate surface area is 165 Å². The lowest BCUT2D eigenvalue weighted by molar-refractivity contribution is 0.0724. The number of benzene rings is 1. The molecule has 7 nitrogen and oxygen atoms in total. The fraction of sp³-hybridized carbons (Fsp3) is 0.381. The number of pyridine rings is 1. The van der Waals surface area contributed by atoms with Crippen LogP contribution in [0.2, 0.25) is 0 Å². The van der Waals surface area contributed by atoms with Crippen LogP contribution >= 0.6 is 0 Å². The van der Waals surface area contributed by atoms with Gasteiger partial charge in [-0.2, -0.15) is 0 Å². The third-order valence-corrected chi connectivity index (χ3v) is 4.64. The molecular weight excluding hydrogens is 354 g/mol. The molecule has 1 aromatic heterocycles. The molecule has 0 saturated carbocycles. The molecule has 0 bridgehead atoms. The van der Waals surface area contributed by atoms with Gasteiger partial charge in [-0.3, -0.25) is 4.79 Å². The molecule has 3 amide bonds. The number of nitrogens with one attached hydrogen (secondary N) is 3. The Morgan fingerprint density at radius 1 is 1.07 bits per heavy atom. The molecule has 0 unspecified atom stereocenters. The molecule has 3 rings (SSSR count). The van der Waals surface area contributed by atoms with E-state index in [1.165, 1.54) is 6.42 Å². The van der Waals surface area contributed by atoms with Crippen LogP contribution in [0.5, 0.6) is 0 Å². The van der Waals surface area contributed by atoms with Crippen molar-refractivity contribution in [1.29, 1.82) is 0 Å². The van der Waals surface area contributed by atoms with Gasteiger partial charge >= 0.3 is 6.03 Å². The summed E-state index contributed by atoms with van der Waals surface area (Å²) in [6.45, 7) is 4.63. The molecule has 1 aliphatic heterocycles. The molecule has 0 aliphatic carbocycles. The summed E-state index contributed by atoms with van der Waals surface area (Å²) in [6, 6.07) is 10.7. The van der Waals surface area contributed by atoms with Crippen LogP contribution in [-0.2, 0) is 0 Å². The van der Waals surface area contributed by atoms with Gasteiger partial charge in [0.15, 0.2) is 0 Å². The maximum absolute atomic E-state index is 12.6. The minimum atomic E-state index is -0.304. The Morgan fingerprint density at radius 2 is 1.89 bits per heavy atom. The molecule has 0 spiro atoms. The summed E-state index contributed by atoms with van der Waals surface area (Å²) in [5, 5.41) is 8.74. The highest BCUT2D eigenvalue weighted by molar-refractivity contribution is 5.97. The highest BCUT2D eigenvalue weighted by Gasteiger charge is 2.18. The standard InChI is InChI=1S/C21H27N5O2/c1-16-8-9-22-19(14-16)23-10-11-24-21(28)25-18-7-5-6-17(15-18)20(27)26-12-3-2-4-13-26/h5-9,14-15H,2-4,10-13H2,1H3,(H,22,23)(H2,24,25,28). The molecule has 0 radical (unpaired) electrons. The minimum Gasteiger partial charge on any atom is -0.368 e. The second-order valence-electron chi connectivity index (χ2n) is 6.96. The summed E-state index contributed by atoms with van der Waals surface area (Å²) in [6.07, 6.45) is 5.03. The van der Waals surface area contributed by atoms with Crippen LogP contribution in [0.3, 0.4) is 0 Å². The van der Waals surface area contributed by atoms with Gasteiger partial charge in [0.2, 0.25) is 0 Å². The summed E-state index contributed by atoms with van der Waals surface area (Å²) in [7, 11) is 0. The number of carbonyl (C=O) groups is 2. The maximum Gasteiger partial charge on any atom is 0.319 e. The van der Waals surface area contributed by atoms with Crippen molar-refractivity contribution in [3.8, 4) is 0 Å². The van der Waals surface area contributed by atoms with Crippen molar-refractivity contribution in [3.63, 3.8) is 0 Å². The number of likely N-dealkylation sites (tertiary alicyclic amines) is 1. The van der Waals surface area contributed by atoms with Gasteiger partial charge in [-0.1, -0.05) is 6.07 Å². The van der Waals surface area contributed by atoms with Gasteiger partial charge in [0.1, 0.15) is 5.82 Å². The van der Waals surface area contributed by atoms with Crippen LogP contribution in [0.15, 0.2) is 42.6 Å². The van der Waals surface area contributed by atoms with Crippen LogP contribution in [0, 0.1) is 6.92 Å². The van der Waals surface area contributed by atoms with Crippen molar-refractivity contribution in [2.45, 2.75) is 26.2 Å². The van der Waals surface area contributed by atoms with E-state index < -0.39 is 0 Å². The van der Waals surface area contributed by atoms with Crippen LogP contribution in [-0.4, -0.2) is 48.0 Å². The second-order valence-corrected chi connectivity index (χ2v) is 6.96. The molecule has 28 heavy (non-hydrogen) atoms.